The number of rotatable bonds is 7. The van der Waals surface area contributed by atoms with Crippen LogP contribution in [-0.2, 0) is 4.74 Å². The van der Waals surface area contributed by atoms with Crippen molar-refractivity contribution < 1.29 is 4.74 Å². The maximum absolute atomic E-state index is 5.47. The first-order chi connectivity index (χ1) is 8.75. The van der Waals surface area contributed by atoms with Crippen molar-refractivity contribution in [2.24, 2.45) is 0 Å². The Labute approximate surface area is 107 Å². The number of hydrogen-bond acceptors (Lipinski definition) is 5. The van der Waals surface area contributed by atoms with Crippen molar-refractivity contribution in [3.8, 4) is 0 Å². The zero-order valence-corrected chi connectivity index (χ0v) is 10.8. The molecule has 0 radical (unpaired) electrons. The molecule has 2 aromatic rings. The van der Waals surface area contributed by atoms with Gasteiger partial charge in [-0.15, -0.1) is 5.10 Å². The summed E-state index contributed by atoms with van der Waals surface area (Å²) in [5, 5.41) is 7.43. The van der Waals surface area contributed by atoms with Gasteiger partial charge in [0.15, 0.2) is 5.65 Å². The van der Waals surface area contributed by atoms with E-state index in [1.807, 2.05) is 38.5 Å². The highest BCUT2D eigenvalue weighted by atomic mass is 16.5. The van der Waals surface area contributed by atoms with Gasteiger partial charge in [-0.05, 0) is 26.2 Å². The fraction of sp³-hybridized carbons (Fsp3) is 0.500. The number of pyridine rings is 1. The molecule has 18 heavy (non-hydrogen) atoms. The highest BCUT2D eigenvalue weighted by molar-refractivity contribution is 5.42. The first kappa shape index (κ1) is 12.8. The molecule has 2 rings (SSSR count). The molecule has 0 aliphatic rings. The number of anilines is 1. The number of nitrogens with zero attached hydrogens (tertiary/aromatic N) is 4. The van der Waals surface area contributed by atoms with Crippen molar-refractivity contribution >= 4 is 11.6 Å². The maximum Gasteiger partial charge on any atom is 0.243 e. The second-order valence-electron chi connectivity index (χ2n) is 4.28. The van der Waals surface area contributed by atoms with E-state index in [-0.39, 0.29) is 0 Å². The molecule has 0 saturated carbocycles. The third-order valence-electron chi connectivity index (χ3n) is 2.45. The Hall–Kier alpha value is -1.66. The van der Waals surface area contributed by atoms with E-state index in [0.29, 0.717) is 19.1 Å². The summed E-state index contributed by atoms with van der Waals surface area (Å²) in [6.45, 7) is 3.05. The Morgan fingerprint density at radius 3 is 3.00 bits per heavy atom. The summed E-state index contributed by atoms with van der Waals surface area (Å²) < 4.78 is 7.22. The zero-order valence-electron chi connectivity index (χ0n) is 10.8. The lowest BCUT2D eigenvalue weighted by Gasteiger charge is -2.09. The Kier molecular flexibility index (Phi) is 4.49. The van der Waals surface area contributed by atoms with E-state index >= 15 is 0 Å². The monoisotopic (exact) mass is 249 g/mol. The van der Waals surface area contributed by atoms with Gasteiger partial charge in [0.05, 0.1) is 13.2 Å². The van der Waals surface area contributed by atoms with Gasteiger partial charge < -0.3 is 15.0 Å². The van der Waals surface area contributed by atoms with Crippen LogP contribution in [0.1, 0.15) is 0 Å². The average molecular weight is 249 g/mol. The predicted molar refractivity (Wildman–Crippen MR) is 70.8 cm³/mol. The Morgan fingerprint density at radius 2 is 2.22 bits per heavy atom. The highest BCUT2D eigenvalue weighted by Gasteiger charge is 2.00. The molecule has 0 atom stereocenters. The number of ether oxygens (including phenoxy) is 1. The lowest BCUT2D eigenvalue weighted by atomic mass is 10.5. The molecule has 2 heterocycles. The van der Waals surface area contributed by atoms with Gasteiger partial charge in [-0.1, -0.05) is 6.07 Å². The molecule has 0 fully saturated rings. The Bertz CT molecular complexity index is 449. The number of hydrogen-bond donors (Lipinski definition) is 1. The standard InChI is InChI=1S/C12H19N5O/c1-16(2)8-10-18-9-6-13-12-14-11-5-3-4-7-17(11)15-12/h3-5,7H,6,8-10H2,1-2H3,(H,13,15). The largest absolute Gasteiger partial charge is 0.378 e. The molecule has 0 bridgehead atoms. The van der Waals surface area contributed by atoms with Crippen LogP contribution in [0.25, 0.3) is 5.65 Å². The van der Waals surface area contributed by atoms with Crippen LogP contribution < -0.4 is 5.32 Å². The smallest absolute Gasteiger partial charge is 0.243 e. The van der Waals surface area contributed by atoms with Gasteiger partial charge in [-0.2, -0.15) is 4.98 Å². The van der Waals surface area contributed by atoms with Crippen LogP contribution in [-0.4, -0.2) is 59.9 Å². The summed E-state index contributed by atoms with van der Waals surface area (Å²) in [6.07, 6.45) is 1.88. The molecule has 1 N–H and O–H groups in total. The lowest BCUT2D eigenvalue weighted by Crippen LogP contribution is -2.20. The number of fused-ring (bicyclic) bond motifs is 1. The molecule has 98 valence electrons. The fourth-order valence-corrected chi connectivity index (χ4v) is 1.49. The third-order valence-corrected chi connectivity index (χ3v) is 2.45. The van der Waals surface area contributed by atoms with Crippen LogP contribution in [0, 0.1) is 0 Å². The zero-order chi connectivity index (χ0) is 12.8. The van der Waals surface area contributed by atoms with Crippen LogP contribution in [0.5, 0.6) is 0 Å². The third kappa shape index (κ3) is 3.68. The molecule has 0 aliphatic carbocycles. The van der Waals surface area contributed by atoms with E-state index in [2.05, 4.69) is 20.3 Å². The van der Waals surface area contributed by atoms with Crippen molar-refractivity contribution in [1.82, 2.24) is 19.5 Å². The van der Waals surface area contributed by atoms with E-state index in [9.17, 15) is 0 Å². The van der Waals surface area contributed by atoms with Gasteiger partial charge in [0.25, 0.3) is 0 Å². The minimum atomic E-state index is 0.636. The lowest BCUT2D eigenvalue weighted by molar-refractivity contribution is 0.126. The molecule has 0 aromatic carbocycles. The van der Waals surface area contributed by atoms with Gasteiger partial charge in [-0.3, -0.25) is 0 Å². The summed E-state index contributed by atoms with van der Waals surface area (Å²) >= 11 is 0. The van der Waals surface area contributed by atoms with Crippen molar-refractivity contribution in [1.29, 1.82) is 0 Å². The molecule has 0 saturated heterocycles. The summed E-state index contributed by atoms with van der Waals surface area (Å²) in [6, 6.07) is 5.79. The van der Waals surface area contributed by atoms with Crippen molar-refractivity contribution in [2.45, 2.75) is 0 Å². The van der Waals surface area contributed by atoms with Crippen LogP contribution in [0.4, 0.5) is 5.95 Å². The van der Waals surface area contributed by atoms with Gasteiger partial charge in [0, 0.05) is 19.3 Å². The Morgan fingerprint density at radius 1 is 1.33 bits per heavy atom. The molecule has 0 amide bonds. The van der Waals surface area contributed by atoms with Crippen LogP contribution >= 0.6 is 0 Å². The van der Waals surface area contributed by atoms with Crippen LogP contribution in [0.15, 0.2) is 24.4 Å². The first-order valence-corrected chi connectivity index (χ1v) is 6.03. The summed E-state index contributed by atoms with van der Waals surface area (Å²) in [7, 11) is 4.06. The number of likely N-dealkylation sites (N-methyl/N-ethyl adjacent to an activating group) is 1. The summed E-state index contributed by atoms with van der Waals surface area (Å²) in [5.74, 6) is 0.636. The molecular formula is C12H19N5O. The SMILES string of the molecule is CN(C)CCOCCNc1nc2ccccn2n1. The number of nitrogens with one attached hydrogen (secondary N) is 1. The van der Waals surface area contributed by atoms with E-state index in [0.717, 1.165) is 18.8 Å². The van der Waals surface area contributed by atoms with Gasteiger partial charge in [0.1, 0.15) is 0 Å². The van der Waals surface area contributed by atoms with Crippen molar-refractivity contribution in [2.75, 3.05) is 45.7 Å². The molecule has 0 unspecified atom stereocenters. The second-order valence-corrected chi connectivity index (χ2v) is 4.28. The van der Waals surface area contributed by atoms with Gasteiger partial charge in [-0.25, -0.2) is 4.52 Å². The van der Waals surface area contributed by atoms with Crippen molar-refractivity contribution in [3.63, 3.8) is 0 Å². The van der Waals surface area contributed by atoms with E-state index in [1.54, 1.807) is 4.52 Å². The molecule has 0 spiro atoms. The maximum atomic E-state index is 5.47. The van der Waals surface area contributed by atoms with Crippen LogP contribution in [0.2, 0.25) is 0 Å². The van der Waals surface area contributed by atoms with E-state index in [4.69, 9.17) is 4.74 Å². The summed E-state index contributed by atoms with van der Waals surface area (Å²) in [5.41, 5.74) is 0.841. The number of aromatic nitrogens is 3. The van der Waals surface area contributed by atoms with E-state index in [1.165, 1.54) is 0 Å². The first-order valence-electron chi connectivity index (χ1n) is 6.03. The fourth-order valence-electron chi connectivity index (χ4n) is 1.49. The predicted octanol–water partition coefficient (Wildman–Crippen LogP) is 0.719. The van der Waals surface area contributed by atoms with Crippen molar-refractivity contribution in [3.05, 3.63) is 24.4 Å². The molecule has 6 heteroatoms. The van der Waals surface area contributed by atoms with Gasteiger partial charge in [0.2, 0.25) is 5.95 Å². The van der Waals surface area contributed by atoms with Gasteiger partial charge >= 0.3 is 0 Å². The highest BCUT2D eigenvalue weighted by Crippen LogP contribution is 2.03. The molecule has 2 aromatic heterocycles. The quantitative estimate of drug-likeness (QED) is 0.733. The van der Waals surface area contributed by atoms with Crippen LogP contribution in [0.3, 0.4) is 0 Å². The average Bonchev–Trinajstić information content (AvgIpc) is 2.75. The summed E-state index contributed by atoms with van der Waals surface area (Å²) in [4.78, 5) is 6.43. The molecule has 0 aliphatic heterocycles. The second kappa shape index (κ2) is 6.32. The molecular weight excluding hydrogens is 230 g/mol. The topological polar surface area (TPSA) is 54.7 Å². The molecule has 6 nitrogen and oxygen atoms in total. The minimum Gasteiger partial charge on any atom is -0.378 e. The normalized spacial score (nSPS) is 11.3. The van der Waals surface area contributed by atoms with E-state index < -0.39 is 0 Å². The minimum absolute atomic E-state index is 0.636. The Balaban J connectivity index is 1.70.